The van der Waals surface area contributed by atoms with E-state index in [4.69, 9.17) is 14.2 Å². The Bertz CT molecular complexity index is 1260. The third-order valence-corrected chi connectivity index (χ3v) is 5.24. The van der Waals surface area contributed by atoms with Gasteiger partial charge in [-0.1, -0.05) is 30.3 Å². The second-order valence-corrected chi connectivity index (χ2v) is 7.23. The summed E-state index contributed by atoms with van der Waals surface area (Å²) >= 11 is 0. The molecule has 1 aromatic heterocycles. The van der Waals surface area contributed by atoms with Crippen molar-refractivity contribution in [1.29, 1.82) is 0 Å². The molecule has 4 rings (SSSR count). The van der Waals surface area contributed by atoms with Crippen molar-refractivity contribution >= 4 is 23.6 Å². The normalized spacial score (nSPS) is 13.5. The SMILES string of the molecule is COC(=O)C1=C(C(=O)OC)N(c2ccc(-n3nc(C(=O)O)cc3-c3ccccc3)cc2)COC1. The van der Waals surface area contributed by atoms with Gasteiger partial charge in [0.2, 0.25) is 0 Å². The number of nitrogens with zero attached hydrogens (tertiary/aromatic N) is 3. The number of methoxy groups -OCH3 is 2. The molecule has 1 aliphatic heterocycles. The second-order valence-electron chi connectivity index (χ2n) is 7.23. The van der Waals surface area contributed by atoms with Crippen LogP contribution in [-0.4, -0.2) is 60.4 Å². The minimum absolute atomic E-state index is 0.0183. The highest BCUT2D eigenvalue weighted by molar-refractivity contribution is 6.03. The topological polar surface area (TPSA) is 120 Å². The average Bonchev–Trinajstić information content (AvgIpc) is 3.34. The lowest BCUT2D eigenvalue weighted by molar-refractivity contribution is -0.140. The molecule has 0 saturated carbocycles. The zero-order chi connectivity index (χ0) is 24.2. The number of esters is 2. The number of aromatic carboxylic acids is 1. The summed E-state index contributed by atoms with van der Waals surface area (Å²) in [6.45, 7) is -0.0676. The van der Waals surface area contributed by atoms with Gasteiger partial charge in [0.05, 0.1) is 37.8 Å². The van der Waals surface area contributed by atoms with Gasteiger partial charge in [0.15, 0.2) is 5.69 Å². The molecule has 0 aliphatic carbocycles. The highest BCUT2D eigenvalue weighted by Crippen LogP contribution is 2.29. The Labute approximate surface area is 194 Å². The van der Waals surface area contributed by atoms with E-state index in [-0.39, 0.29) is 30.3 Å². The van der Waals surface area contributed by atoms with E-state index in [0.29, 0.717) is 17.1 Å². The van der Waals surface area contributed by atoms with Crippen LogP contribution in [0.1, 0.15) is 10.5 Å². The summed E-state index contributed by atoms with van der Waals surface area (Å²) in [5.74, 6) is -2.52. The maximum atomic E-state index is 12.5. The number of benzene rings is 2. The summed E-state index contributed by atoms with van der Waals surface area (Å²) in [5, 5.41) is 13.7. The minimum Gasteiger partial charge on any atom is -0.476 e. The molecule has 0 spiro atoms. The van der Waals surface area contributed by atoms with E-state index < -0.39 is 17.9 Å². The molecular weight excluding hydrogens is 442 g/mol. The fourth-order valence-electron chi connectivity index (χ4n) is 3.62. The van der Waals surface area contributed by atoms with Gasteiger partial charge < -0.3 is 24.2 Å². The number of carbonyl (C=O) groups is 3. The van der Waals surface area contributed by atoms with Gasteiger partial charge in [-0.05, 0) is 30.3 Å². The molecular formula is C24H21N3O7. The molecule has 1 N–H and O–H groups in total. The summed E-state index contributed by atoms with van der Waals surface area (Å²) in [4.78, 5) is 37.7. The van der Waals surface area contributed by atoms with E-state index in [0.717, 1.165) is 5.56 Å². The number of carboxylic acids is 1. The van der Waals surface area contributed by atoms with Crippen molar-refractivity contribution in [3.63, 3.8) is 0 Å². The van der Waals surface area contributed by atoms with E-state index in [1.807, 2.05) is 30.3 Å². The van der Waals surface area contributed by atoms with Crippen LogP contribution < -0.4 is 4.90 Å². The van der Waals surface area contributed by atoms with Crippen LogP contribution in [0, 0.1) is 0 Å². The molecule has 0 bridgehead atoms. The minimum atomic E-state index is -1.14. The van der Waals surface area contributed by atoms with Gasteiger partial charge in [0.1, 0.15) is 12.4 Å². The standard InChI is InChI=1S/C24H21N3O7/c1-32-23(30)18-13-34-14-26(21(18)24(31)33-2)16-8-10-17(11-9-16)27-20(12-19(25-27)22(28)29)15-6-4-3-5-7-15/h3-12H,13-14H2,1-2H3,(H,28,29). The maximum absolute atomic E-state index is 12.5. The number of ether oxygens (including phenoxy) is 3. The number of rotatable bonds is 6. The molecule has 0 unspecified atom stereocenters. The summed E-state index contributed by atoms with van der Waals surface area (Å²) < 4.78 is 16.7. The number of carboxylic acid groups (broad SMARTS) is 1. The maximum Gasteiger partial charge on any atom is 0.356 e. The molecule has 2 heterocycles. The van der Waals surface area contributed by atoms with Gasteiger partial charge in [0.25, 0.3) is 0 Å². The fourth-order valence-corrected chi connectivity index (χ4v) is 3.62. The molecule has 0 radical (unpaired) electrons. The molecule has 2 aromatic carbocycles. The third kappa shape index (κ3) is 4.26. The lowest BCUT2D eigenvalue weighted by Crippen LogP contribution is -2.38. The van der Waals surface area contributed by atoms with E-state index in [2.05, 4.69) is 5.10 Å². The van der Waals surface area contributed by atoms with Crippen LogP contribution in [0.25, 0.3) is 16.9 Å². The van der Waals surface area contributed by atoms with Crippen molar-refractivity contribution in [3.8, 4) is 16.9 Å². The van der Waals surface area contributed by atoms with Crippen LogP contribution in [0.15, 0.2) is 71.9 Å². The molecule has 34 heavy (non-hydrogen) atoms. The van der Waals surface area contributed by atoms with Crippen molar-refractivity contribution in [2.24, 2.45) is 0 Å². The Balaban J connectivity index is 1.75. The van der Waals surface area contributed by atoms with E-state index >= 15 is 0 Å². The lowest BCUT2D eigenvalue weighted by Gasteiger charge is -2.31. The van der Waals surface area contributed by atoms with Gasteiger partial charge >= 0.3 is 17.9 Å². The first kappa shape index (κ1) is 22.7. The van der Waals surface area contributed by atoms with E-state index in [9.17, 15) is 19.5 Å². The Morgan fingerprint density at radius 1 is 0.941 bits per heavy atom. The van der Waals surface area contributed by atoms with Gasteiger partial charge in [0, 0.05) is 11.3 Å². The van der Waals surface area contributed by atoms with Crippen LogP contribution in [0.2, 0.25) is 0 Å². The molecule has 0 saturated heterocycles. The smallest absolute Gasteiger partial charge is 0.356 e. The van der Waals surface area contributed by atoms with Crippen LogP contribution in [0.5, 0.6) is 0 Å². The zero-order valence-electron chi connectivity index (χ0n) is 18.4. The summed E-state index contributed by atoms with van der Waals surface area (Å²) in [6.07, 6.45) is 0. The Kier molecular flexibility index (Phi) is 6.42. The first-order chi connectivity index (χ1) is 16.4. The Morgan fingerprint density at radius 2 is 1.59 bits per heavy atom. The predicted octanol–water partition coefficient (Wildman–Crippen LogP) is 2.63. The molecule has 0 amide bonds. The highest BCUT2D eigenvalue weighted by atomic mass is 16.5. The largest absolute Gasteiger partial charge is 0.476 e. The van der Waals surface area contributed by atoms with Gasteiger partial charge in [-0.2, -0.15) is 5.10 Å². The van der Waals surface area contributed by atoms with Crippen molar-refractivity contribution in [1.82, 2.24) is 9.78 Å². The van der Waals surface area contributed by atoms with Crippen molar-refractivity contribution in [3.05, 3.63) is 77.6 Å². The van der Waals surface area contributed by atoms with Crippen LogP contribution in [-0.2, 0) is 23.8 Å². The number of aromatic nitrogens is 2. The molecule has 174 valence electrons. The van der Waals surface area contributed by atoms with E-state index in [1.54, 1.807) is 24.3 Å². The first-order valence-corrected chi connectivity index (χ1v) is 10.2. The van der Waals surface area contributed by atoms with Gasteiger partial charge in [-0.15, -0.1) is 0 Å². The second kappa shape index (κ2) is 9.59. The monoisotopic (exact) mass is 463 g/mol. The lowest BCUT2D eigenvalue weighted by atomic mass is 10.1. The number of hydrogen-bond donors (Lipinski definition) is 1. The molecule has 10 heteroatoms. The molecule has 3 aromatic rings. The highest BCUT2D eigenvalue weighted by Gasteiger charge is 2.32. The number of hydrogen-bond acceptors (Lipinski definition) is 8. The van der Waals surface area contributed by atoms with Gasteiger partial charge in [-0.25, -0.2) is 19.1 Å². The first-order valence-electron chi connectivity index (χ1n) is 10.2. The fraction of sp³-hybridized carbons (Fsp3) is 0.167. The third-order valence-electron chi connectivity index (χ3n) is 5.24. The Hall–Kier alpha value is -4.44. The quantitative estimate of drug-likeness (QED) is 0.550. The summed E-state index contributed by atoms with van der Waals surface area (Å²) in [6, 6.07) is 17.7. The Morgan fingerprint density at radius 3 is 2.21 bits per heavy atom. The number of anilines is 1. The van der Waals surface area contributed by atoms with Crippen LogP contribution in [0.4, 0.5) is 5.69 Å². The zero-order valence-corrected chi connectivity index (χ0v) is 18.4. The average molecular weight is 463 g/mol. The van der Waals surface area contributed by atoms with Crippen molar-refractivity contribution in [2.75, 3.05) is 32.5 Å². The molecule has 0 atom stereocenters. The number of carbonyl (C=O) groups excluding carboxylic acids is 2. The van der Waals surface area contributed by atoms with Gasteiger partial charge in [-0.3, -0.25) is 0 Å². The van der Waals surface area contributed by atoms with E-state index in [1.165, 1.54) is 29.9 Å². The summed E-state index contributed by atoms with van der Waals surface area (Å²) in [7, 11) is 2.45. The predicted molar refractivity (Wildman–Crippen MR) is 120 cm³/mol. The molecule has 1 aliphatic rings. The van der Waals surface area contributed by atoms with Crippen molar-refractivity contribution in [2.45, 2.75) is 0 Å². The molecule has 10 nitrogen and oxygen atoms in total. The summed E-state index contributed by atoms with van der Waals surface area (Å²) in [5.41, 5.74) is 2.55. The van der Waals surface area contributed by atoms with Crippen LogP contribution in [0.3, 0.4) is 0 Å². The molecule has 0 fully saturated rings. The van der Waals surface area contributed by atoms with Crippen molar-refractivity contribution < 1.29 is 33.7 Å². The van der Waals surface area contributed by atoms with Crippen LogP contribution >= 0.6 is 0 Å².